The van der Waals surface area contributed by atoms with E-state index in [0.29, 0.717) is 18.5 Å². The first-order valence-corrected chi connectivity index (χ1v) is 10.2. The van der Waals surface area contributed by atoms with Crippen molar-refractivity contribution in [2.24, 2.45) is 5.92 Å². The number of aromatic nitrogens is 1. The van der Waals surface area contributed by atoms with Gasteiger partial charge in [0.25, 0.3) is 5.91 Å². The van der Waals surface area contributed by atoms with Crippen molar-refractivity contribution >= 4 is 17.7 Å². The number of rotatable bonds is 5. The molecule has 2 aromatic rings. The summed E-state index contributed by atoms with van der Waals surface area (Å²) >= 11 is 0. The minimum Gasteiger partial charge on any atom is -0.467 e. The molecular formula is C22H27N3O4. The number of hydrogen-bond donors (Lipinski definition) is 1. The van der Waals surface area contributed by atoms with E-state index in [1.165, 1.54) is 0 Å². The van der Waals surface area contributed by atoms with E-state index in [1.807, 2.05) is 43.5 Å². The van der Waals surface area contributed by atoms with E-state index in [4.69, 9.17) is 4.42 Å². The lowest BCUT2D eigenvalue weighted by molar-refractivity contribution is -0.133. The molecule has 29 heavy (non-hydrogen) atoms. The molecule has 154 valence electrons. The molecule has 1 saturated heterocycles. The second-order valence-corrected chi connectivity index (χ2v) is 8.31. The van der Waals surface area contributed by atoms with E-state index in [1.54, 1.807) is 6.26 Å². The molecular weight excluding hydrogens is 370 g/mol. The summed E-state index contributed by atoms with van der Waals surface area (Å²) in [6.45, 7) is 6.11. The Labute approximate surface area is 170 Å². The Kier molecular flexibility index (Phi) is 4.84. The van der Waals surface area contributed by atoms with E-state index >= 15 is 0 Å². The number of nitrogens with one attached hydrogen (secondary N) is 1. The summed E-state index contributed by atoms with van der Waals surface area (Å²) in [4.78, 5) is 39.8. The Hall–Kier alpha value is -2.83. The Morgan fingerprint density at radius 2 is 2.10 bits per heavy atom. The molecule has 0 aromatic carbocycles. The molecule has 7 nitrogen and oxygen atoms in total. The maximum Gasteiger partial charge on any atom is 0.325 e. The average Bonchev–Trinajstić information content (AvgIpc) is 3.36. The number of amides is 3. The van der Waals surface area contributed by atoms with E-state index in [-0.39, 0.29) is 24.2 Å². The number of urea groups is 1. The van der Waals surface area contributed by atoms with Crippen LogP contribution in [0.3, 0.4) is 0 Å². The predicted octanol–water partition coefficient (Wildman–Crippen LogP) is 3.43. The highest BCUT2D eigenvalue weighted by atomic mass is 16.3. The molecule has 0 radical (unpaired) electrons. The molecule has 2 atom stereocenters. The zero-order valence-corrected chi connectivity index (χ0v) is 17.2. The smallest absolute Gasteiger partial charge is 0.325 e. The van der Waals surface area contributed by atoms with Crippen LogP contribution in [0.4, 0.5) is 4.79 Å². The van der Waals surface area contributed by atoms with Gasteiger partial charge in [-0.3, -0.25) is 14.5 Å². The lowest BCUT2D eigenvalue weighted by Gasteiger charge is -2.36. The number of ketones is 1. The molecule has 0 bridgehead atoms. The van der Waals surface area contributed by atoms with Crippen LogP contribution in [0.25, 0.3) is 0 Å². The fourth-order valence-electron chi connectivity index (χ4n) is 4.75. The largest absolute Gasteiger partial charge is 0.467 e. The quantitative estimate of drug-likeness (QED) is 0.619. The number of furan rings is 1. The van der Waals surface area contributed by atoms with Gasteiger partial charge in [-0.25, -0.2) is 4.79 Å². The number of carbonyl (C=O) groups is 3. The SMILES string of the molecule is Cc1cc(C(=O)CN2C(=O)N[C@@]3(CCCC[C@@H]3C)C2=O)c(C)n1Cc1ccco1. The first-order chi connectivity index (χ1) is 13.8. The molecule has 1 aliphatic heterocycles. The van der Waals surface area contributed by atoms with Crippen LogP contribution in [0.15, 0.2) is 28.9 Å². The molecule has 1 saturated carbocycles. The van der Waals surface area contributed by atoms with Crippen molar-refractivity contribution in [3.63, 3.8) is 0 Å². The minimum atomic E-state index is -0.841. The average molecular weight is 397 g/mol. The van der Waals surface area contributed by atoms with Gasteiger partial charge < -0.3 is 14.3 Å². The van der Waals surface area contributed by atoms with Gasteiger partial charge in [0.2, 0.25) is 0 Å². The zero-order valence-electron chi connectivity index (χ0n) is 17.2. The molecule has 2 aliphatic rings. The van der Waals surface area contributed by atoms with Crippen molar-refractivity contribution < 1.29 is 18.8 Å². The van der Waals surface area contributed by atoms with Crippen molar-refractivity contribution in [2.75, 3.05) is 6.54 Å². The number of hydrogen-bond acceptors (Lipinski definition) is 4. The molecule has 3 amide bonds. The van der Waals surface area contributed by atoms with Crippen LogP contribution in [-0.2, 0) is 11.3 Å². The van der Waals surface area contributed by atoms with Crippen LogP contribution in [-0.4, -0.2) is 39.3 Å². The van der Waals surface area contributed by atoms with Gasteiger partial charge >= 0.3 is 6.03 Å². The summed E-state index contributed by atoms with van der Waals surface area (Å²) < 4.78 is 7.42. The molecule has 3 heterocycles. The molecule has 2 fully saturated rings. The van der Waals surface area contributed by atoms with Crippen LogP contribution < -0.4 is 5.32 Å². The lowest BCUT2D eigenvalue weighted by Crippen LogP contribution is -2.54. The van der Waals surface area contributed by atoms with Crippen molar-refractivity contribution in [1.29, 1.82) is 0 Å². The fraction of sp³-hybridized carbons (Fsp3) is 0.500. The summed E-state index contributed by atoms with van der Waals surface area (Å²) in [5.41, 5.74) is 1.42. The topological polar surface area (TPSA) is 84.5 Å². The Bertz CT molecular complexity index is 959. The van der Waals surface area contributed by atoms with Gasteiger partial charge in [-0.15, -0.1) is 0 Å². The Morgan fingerprint density at radius 3 is 2.79 bits per heavy atom. The predicted molar refractivity (Wildman–Crippen MR) is 107 cm³/mol. The second kappa shape index (κ2) is 7.21. The summed E-state index contributed by atoms with van der Waals surface area (Å²) in [5, 5.41) is 2.90. The van der Waals surface area contributed by atoms with Gasteiger partial charge in [0.15, 0.2) is 5.78 Å². The summed E-state index contributed by atoms with van der Waals surface area (Å²) in [5.74, 6) is 0.388. The monoisotopic (exact) mass is 397 g/mol. The van der Waals surface area contributed by atoms with Crippen molar-refractivity contribution in [3.05, 3.63) is 47.2 Å². The van der Waals surface area contributed by atoms with Crippen LogP contribution >= 0.6 is 0 Å². The third-order valence-electron chi connectivity index (χ3n) is 6.57. The molecule has 1 aliphatic carbocycles. The number of Topliss-reactive ketones (excluding diaryl/α,β-unsaturated/α-hetero) is 1. The third kappa shape index (κ3) is 3.18. The molecule has 1 N–H and O–H groups in total. The normalized spacial score (nSPS) is 24.4. The lowest BCUT2D eigenvalue weighted by atomic mass is 9.73. The highest BCUT2D eigenvalue weighted by molar-refractivity contribution is 6.11. The third-order valence-corrected chi connectivity index (χ3v) is 6.57. The first kappa shape index (κ1) is 19.5. The van der Waals surface area contributed by atoms with E-state index in [2.05, 4.69) is 5.32 Å². The summed E-state index contributed by atoms with van der Waals surface area (Å²) in [6, 6.07) is 5.08. The van der Waals surface area contributed by atoms with E-state index in [0.717, 1.165) is 41.3 Å². The van der Waals surface area contributed by atoms with Crippen LogP contribution in [0.5, 0.6) is 0 Å². The van der Waals surface area contributed by atoms with Gasteiger partial charge in [-0.1, -0.05) is 19.8 Å². The molecule has 2 aromatic heterocycles. The van der Waals surface area contributed by atoms with Crippen LogP contribution in [0, 0.1) is 19.8 Å². The zero-order chi connectivity index (χ0) is 20.8. The number of nitrogens with zero attached hydrogens (tertiary/aromatic N) is 2. The summed E-state index contributed by atoms with van der Waals surface area (Å²) in [6.07, 6.45) is 5.14. The van der Waals surface area contributed by atoms with Crippen LogP contribution in [0.2, 0.25) is 0 Å². The Balaban J connectivity index is 1.54. The van der Waals surface area contributed by atoms with Gasteiger partial charge in [0, 0.05) is 17.0 Å². The fourth-order valence-corrected chi connectivity index (χ4v) is 4.75. The first-order valence-electron chi connectivity index (χ1n) is 10.2. The van der Waals surface area contributed by atoms with E-state index < -0.39 is 11.6 Å². The minimum absolute atomic E-state index is 0.0751. The van der Waals surface area contributed by atoms with E-state index in [9.17, 15) is 14.4 Å². The van der Waals surface area contributed by atoms with Crippen LogP contribution in [0.1, 0.15) is 60.1 Å². The number of carbonyl (C=O) groups excluding carboxylic acids is 3. The van der Waals surface area contributed by atoms with Gasteiger partial charge in [0.05, 0.1) is 19.4 Å². The number of aryl methyl sites for hydroxylation is 1. The van der Waals surface area contributed by atoms with Crippen molar-refractivity contribution in [1.82, 2.24) is 14.8 Å². The van der Waals surface area contributed by atoms with Crippen molar-refractivity contribution in [2.45, 2.75) is 58.5 Å². The maximum atomic E-state index is 13.1. The summed E-state index contributed by atoms with van der Waals surface area (Å²) in [7, 11) is 0. The van der Waals surface area contributed by atoms with Gasteiger partial charge in [-0.2, -0.15) is 0 Å². The number of imide groups is 1. The Morgan fingerprint density at radius 1 is 1.31 bits per heavy atom. The van der Waals surface area contributed by atoms with Gasteiger partial charge in [-0.05, 0) is 50.8 Å². The molecule has 1 spiro atoms. The highest BCUT2D eigenvalue weighted by Gasteiger charge is 2.55. The molecule has 7 heteroatoms. The standard InChI is InChI=1S/C22H27N3O4/c1-14-7-4-5-9-22(14)20(27)25(21(28)23-22)13-19(26)18-11-15(2)24(16(18)3)12-17-8-6-10-29-17/h6,8,10-11,14H,4-5,7,9,12-13H2,1-3H3,(H,23,28)/t14-,22+/m0/s1. The maximum absolute atomic E-state index is 13.1. The second-order valence-electron chi connectivity index (χ2n) is 8.31. The highest BCUT2D eigenvalue weighted by Crippen LogP contribution is 2.38. The van der Waals surface area contributed by atoms with Gasteiger partial charge in [0.1, 0.15) is 11.3 Å². The molecule has 4 rings (SSSR count). The molecule has 0 unspecified atom stereocenters. The van der Waals surface area contributed by atoms with Crippen molar-refractivity contribution in [3.8, 4) is 0 Å².